The molecule has 106 valence electrons. The lowest BCUT2D eigenvalue weighted by atomic mass is 9.84. The number of methoxy groups -OCH3 is 1. The van der Waals surface area contributed by atoms with E-state index in [1.165, 1.54) is 25.3 Å². The highest BCUT2D eigenvalue weighted by molar-refractivity contribution is 7.67. The van der Waals surface area contributed by atoms with E-state index < -0.39 is 23.9 Å². The molecule has 8 heteroatoms. The molecule has 7 nitrogen and oxygen atoms in total. The Kier molecular flexibility index (Phi) is 3.84. The van der Waals surface area contributed by atoms with Gasteiger partial charge < -0.3 is 9.84 Å². The molecule has 0 aromatic rings. The number of carboxylic acid groups (broad SMARTS) is 1. The van der Waals surface area contributed by atoms with Crippen molar-refractivity contribution in [1.82, 2.24) is 4.90 Å². The van der Waals surface area contributed by atoms with Crippen molar-refractivity contribution in [3.05, 3.63) is 23.9 Å². The molecule has 0 aliphatic carbocycles. The number of carboxylic acids is 1. The average Bonchev–Trinajstić information content (AvgIpc) is 2.78. The van der Waals surface area contributed by atoms with Gasteiger partial charge >= 0.3 is 11.9 Å². The zero-order valence-corrected chi connectivity index (χ0v) is 11.3. The highest BCUT2D eigenvalue weighted by atomic mass is 32.1. The van der Waals surface area contributed by atoms with Crippen LogP contribution in [-0.2, 0) is 30.4 Å². The van der Waals surface area contributed by atoms with Crippen molar-refractivity contribution >= 4 is 34.0 Å². The van der Waals surface area contributed by atoms with Gasteiger partial charge in [0.2, 0.25) is 5.91 Å². The number of esters is 1. The van der Waals surface area contributed by atoms with E-state index in [0.29, 0.717) is 4.86 Å². The molecule has 0 aromatic carbocycles. The predicted molar refractivity (Wildman–Crippen MR) is 68.8 cm³/mol. The number of hydrogen-bond donors (Lipinski definition) is 1. The summed E-state index contributed by atoms with van der Waals surface area (Å²) in [7, 11) is 1.24. The van der Waals surface area contributed by atoms with Crippen molar-refractivity contribution in [3.63, 3.8) is 0 Å². The summed E-state index contributed by atoms with van der Waals surface area (Å²) >= 11 is 0.184. The molecule has 0 bridgehead atoms. The van der Waals surface area contributed by atoms with Crippen LogP contribution in [0.5, 0.6) is 0 Å². The van der Waals surface area contributed by atoms with Gasteiger partial charge in [0.25, 0.3) is 0 Å². The molecule has 2 aliphatic rings. The zero-order chi connectivity index (χ0) is 14.9. The fraction of sp³-hybridized carbons (Fsp3) is 0.333. The lowest BCUT2D eigenvalue weighted by molar-refractivity contribution is -0.152. The smallest absolute Gasteiger partial charge is 0.352 e. The topological polar surface area (TPSA) is 101 Å². The van der Waals surface area contributed by atoms with Gasteiger partial charge in [-0.3, -0.25) is 9.69 Å². The zero-order valence-electron chi connectivity index (χ0n) is 10.4. The van der Waals surface area contributed by atoms with Crippen molar-refractivity contribution in [2.24, 2.45) is 5.92 Å². The normalized spacial score (nSPS) is 24.2. The minimum atomic E-state index is -1.24. The fourth-order valence-corrected chi connectivity index (χ4v) is 2.81. The first-order valence-electron chi connectivity index (χ1n) is 5.70. The average molecular weight is 297 g/mol. The van der Waals surface area contributed by atoms with E-state index in [-0.39, 0.29) is 29.3 Å². The van der Waals surface area contributed by atoms with E-state index >= 15 is 0 Å². The van der Waals surface area contributed by atoms with E-state index in [9.17, 15) is 18.6 Å². The van der Waals surface area contributed by atoms with Gasteiger partial charge in [0.05, 0.1) is 35.2 Å². The van der Waals surface area contributed by atoms with Crippen LogP contribution in [0.3, 0.4) is 0 Å². The Labute approximate surface area is 117 Å². The van der Waals surface area contributed by atoms with E-state index in [1.54, 1.807) is 0 Å². The van der Waals surface area contributed by atoms with Crippen molar-refractivity contribution in [1.29, 1.82) is 0 Å². The quantitative estimate of drug-likeness (QED) is 0.319. The van der Waals surface area contributed by atoms with Crippen molar-refractivity contribution in [2.45, 2.75) is 12.5 Å². The summed E-state index contributed by atoms with van der Waals surface area (Å²) in [6.07, 6.45) is 4.16. The number of ether oxygens (including phenoxy) is 1. The van der Waals surface area contributed by atoms with Crippen LogP contribution in [0, 0.1) is 5.92 Å². The number of carbonyl (C=O) groups is 3. The maximum absolute atomic E-state index is 11.9. The lowest BCUT2D eigenvalue weighted by Crippen LogP contribution is -2.60. The van der Waals surface area contributed by atoms with E-state index in [1.807, 2.05) is 0 Å². The van der Waals surface area contributed by atoms with E-state index in [4.69, 9.17) is 5.11 Å². The summed E-state index contributed by atoms with van der Waals surface area (Å²) in [6.45, 7) is 0. The summed E-state index contributed by atoms with van der Waals surface area (Å²) in [5.74, 6) is -2.65. The van der Waals surface area contributed by atoms with Crippen LogP contribution in [0.15, 0.2) is 23.9 Å². The van der Waals surface area contributed by atoms with Crippen LogP contribution in [0.4, 0.5) is 0 Å². The molecule has 2 rings (SSSR count). The van der Waals surface area contributed by atoms with Crippen molar-refractivity contribution < 1.29 is 28.4 Å². The summed E-state index contributed by atoms with van der Waals surface area (Å²) in [5.41, 5.74) is -0.174. The maximum Gasteiger partial charge on any atom is 0.352 e. The molecule has 2 atom stereocenters. The molecule has 1 N–H and O–H groups in total. The van der Waals surface area contributed by atoms with Gasteiger partial charge in [-0.25, -0.2) is 13.8 Å². The van der Waals surface area contributed by atoms with Gasteiger partial charge in [-0.2, -0.15) is 0 Å². The molecule has 0 radical (unpaired) electrons. The number of nitrogens with zero attached hydrogens (tertiary/aromatic N) is 1. The molecule has 0 aromatic heterocycles. The number of rotatable bonds is 4. The Morgan fingerprint density at radius 1 is 1.55 bits per heavy atom. The molecule has 2 unspecified atom stereocenters. The molecule has 1 saturated heterocycles. The fourth-order valence-electron chi connectivity index (χ4n) is 2.28. The Hall–Kier alpha value is -2.22. The van der Waals surface area contributed by atoms with E-state index in [2.05, 4.69) is 4.74 Å². The summed E-state index contributed by atoms with van der Waals surface area (Å²) < 4.78 is 15.4. The van der Waals surface area contributed by atoms with Crippen molar-refractivity contribution in [3.8, 4) is 0 Å². The second-order valence-electron chi connectivity index (χ2n) is 4.24. The monoisotopic (exact) mass is 297 g/mol. The third kappa shape index (κ3) is 2.18. The summed E-state index contributed by atoms with van der Waals surface area (Å²) in [6, 6.07) is -0.529. The minimum absolute atomic E-state index is 0.174. The number of amides is 1. The first-order chi connectivity index (χ1) is 9.51. The Bertz CT molecular complexity index is 601. The largest absolute Gasteiger partial charge is 0.477 e. The van der Waals surface area contributed by atoms with Crippen LogP contribution in [0.25, 0.3) is 0 Å². The minimum Gasteiger partial charge on any atom is -0.477 e. The van der Waals surface area contributed by atoms with Gasteiger partial charge in [-0.05, 0) is 12.5 Å². The van der Waals surface area contributed by atoms with Gasteiger partial charge in [-0.1, -0.05) is 6.08 Å². The number of carbonyl (C=O) groups excluding carboxylic acids is 2. The Morgan fingerprint density at radius 2 is 2.25 bits per heavy atom. The molecule has 0 spiro atoms. The van der Waals surface area contributed by atoms with Crippen LogP contribution in [0.1, 0.15) is 6.42 Å². The highest BCUT2D eigenvalue weighted by Gasteiger charge is 2.54. The molecule has 2 heterocycles. The Morgan fingerprint density at radius 3 is 2.80 bits per heavy atom. The molecule has 2 aliphatic heterocycles. The number of aliphatic carboxylic acids is 1. The first kappa shape index (κ1) is 14.2. The van der Waals surface area contributed by atoms with Crippen LogP contribution in [0.2, 0.25) is 0 Å². The lowest BCUT2D eigenvalue weighted by Gasteiger charge is -2.42. The first-order valence-corrected chi connectivity index (χ1v) is 6.44. The third-order valence-corrected chi connectivity index (χ3v) is 3.76. The second kappa shape index (κ2) is 5.41. The molecule has 1 amide bonds. The molecule has 1 fully saturated rings. The van der Waals surface area contributed by atoms with Gasteiger partial charge in [0.1, 0.15) is 5.70 Å². The van der Waals surface area contributed by atoms with Gasteiger partial charge in [0.15, 0.2) is 0 Å². The predicted octanol–water partition coefficient (Wildman–Crippen LogP) is -0.700. The third-order valence-electron chi connectivity index (χ3n) is 3.20. The molecule has 20 heavy (non-hydrogen) atoms. The molecular weight excluding hydrogens is 286 g/mol. The number of β-lactam (4-membered cyclic amide) rings is 1. The van der Waals surface area contributed by atoms with Crippen molar-refractivity contribution in [2.75, 3.05) is 7.11 Å². The second-order valence-corrected chi connectivity index (χ2v) is 4.88. The van der Waals surface area contributed by atoms with Crippen LogP contribution >= 0.6 is 0 Å². The Balaban J connectivity index is 2.13. The van der Waals surface area contributed by atoms with Gasteiger partial charge in [0, 0.05) is 6.08 Å². The standard InChI is InChI=1S/C12H11NO6S/c1-19-9(14)4-2-3-6-10-8(20-18)5-7(12(16)17)13(10)11(6)15/h2,4-6,10H,3H2,1H3,(H,16,17). The number of allylic oxidation sites excluding steroid dienone is 1. The summed E-state index contributed by atoms with van der Waals surface area (Å²) in [4.78, 5) is 35.2. The van der Waals surface area contributed by atoms with Gasteiger partial charge in [-0.15, -0.1) is 0 Å². The van der Waals surface area contributed by atoms with Crippen LogP contribution < -0.4 is 0 Å². The summed E-state index contributed by atoms with van der Waals surface area (Å²) in [5, 5.41) is 8.97. The number of fused-ring (bicyclic) bond motifs is 1. The highest BCUT2D eigenvalue weighted by Crippen LogP contribution is 2.38. The maximum atomic E-state index is 11.9. The molecule has 0 saturated carbocycles. The number of hydrogen-bond acceptors (Lipinski definition) is 5. The van der Waals surface area contributed by atoms with Crippen LogP contribution in [-0.4, -0.2) is 50.1 Å². The SMILES string of the molecule is COC(=O)C=CCC1C(=O)N2C(C(=O)O)=CC(=S=O)C12. The van der Waals surface area contributed by atoms with E-state index in [0.717, 1.165) is 4.90 Å². The molecular formula is C12H11NO6S.